The molecule has 0 aliphatic rings. The lowest BCUT2D eigenvalue weighted by molar-refractivity contribution is -0.116. The molecule has 0 bridgehead atoms. The highest BCUT2D eigenvalue weighted by Crippen LogP contribution is 1.91. The summed E-state index contributed by atoms with van der Waals surface area (Å²) in [6, 6.07) is 1.71. The molecule has 11 heavy (non-hydrogen) atoms. The van der Waals surface area contributed by atoms with Crippen molar-refractivity contribution in [2.45, 2.75) is 6.92 Å². The van der Waals surface area contributed by atoms with Gasteiger partial charge in [-0.1, -0.05) is 0 Å². The van der Waals surface area contributed by atoms with Crippen LogP contribution < -0.4 is 5.32 Å². The monoisotopic (exact) mass is 154 g/mol. The maximum atomic E-state index is 10.8. The first kappa shape index (κ1) is 9.50. The van der Waals surface area contributed by atoms with Gasteiger partial charge in [-0.05, 0) is 6.92 Å². The van der Waals surface area contributed by atoms with E-state index in [0.29, 0.717) is 6.61 Å². The highest BCUT2D eigenvalue weighted by atomic mass is 16.5. The van der Waals surface area contributed by atoms with Crippen LogP contribution in [0.5, 0.6) is 0 Å². The Bertz CT molecular complexity index is 203. The molecule has 1 amide bonds. The SMILES string of the molecule is CCO/C=C(\C#N)C(=O)NC. The third-order valence-corrected chi connectivity index (χ3v) is 0.960. The van der Waals surface area contributed by atoms with Gasteiger partial charge in [-0.25, -0.2) is 0 Å². The van der Waals surface area contributed by atoms with Gasteiger partial charge in [-0.15, -0.1) is 0 Å². The first-order chi connectivity index (χ1) is 5.26. The molecular weight excluding hydrogens is 144 g/mol. The summed E-state index contributed by atoms with van der Waals surface area (Å²) in [5, 5.41) is 10.7. The fourth-order valence-corrected chi connectivity index (χ4v) is 0.432. The number of hydrogen-bond donors (Lipinski definition) is 1. The molecule has 0 unspecified atom stereocenters. The van der Waals surface area contributed by atoms with Crippen molar-refractivity contribution in [1.29, 1.82) is 5.26 Å². The molecule has 0 fully saturated rings. The largest absolute Gasteiger partial charge is 0.500 e. The van der Waals surface area contributed by atoms with Crippen LogP contribution in [0.25, 0.3) is 0 Å². The van der Waals surface area contributed by atoms with Crippen LogP contribution >= 0.6 is 0 Å². The molecule has 0 aromatic heterocycles. The first-order valence-corrected chi connectivity index (χ1v) is 3.20. The summed E-state index contributed by atoms with van der Waals surface area (Å²) >= 11 is 0. The predicted octanol–water partition coefficient (Wildman–Crippen LogP) is 0.176. The number of likely N-dealkylation sites (N-methyl/N-ethyl adjacent to an activating group) is 1. The Morgan fingerprint density at radius 2 is 2.45 bits per heavy atom. The average molecular weight is 154 g/mol. The number of nitriles is 1. The summed E-state index contributed by atoms with van der Waals surface area (Å²) in [6.45, 7) is 2.22. The zero-order valence-electron chi connectivity index (χ0n) is 6.55. The molecule has 0 saturated heterocycles. The van der Waals surface area contributed by atoms with Gasteiger partial charge >= 0.3 is 0 Å². The van der Waals surface area contributed by atoms with Crippen LogP contribution in [0.3, 0.4) is 0 Å². The minimum atomic E-state index is -0.430. The maximum Gasteiger partial charge on any atom is 0.264 e. The highest BCUT2D eigenvalue weighted by Gasteiger charge is 2.04. The number of nitrogens with zero attached hydrogens (tertiary/aromatic N) is 1. The summed E-state index contributed by atoms with van der Waals surface area (Å²) in [5.74, 6) is -0.430. The van der Waals surface area contributed by atoms with Crippen molar-refractivity contribution in [3.05, 3.63) is 11.8 Å². The van der Waals surface area contributed by atoms with E-state index in [1.165, 1.54) is 7.05 Å². The Balaban J connectivity index is 4.18. The van der Waals surface area contributed by atoms with Gasteiger partial charge in [-0.2, -0.15) is 5.26 Å². The molecule has 0 aromatic carbocycles. The maximum absolute atomic E-state index is 10.8. The number of nitrogens with one attached hydrogen (secondary N) is 1. The van der Waals surface area contributed by atoms with Gasteiger partial charge in [0.1, 0.15) is 12.3 Å². The van der Waals surface area contributed by atoms with Crippen LogP contribution in [0.1, 0.15) is 6.92 Å². The van der Waals surface area contributed by atoms with Gasteiger partial charge in [0.15, 0.2) is 5.57 Å². The van der Waals surface area contributed by atoms with Crippen LogP contribution in [0, 0.1) is 11.3 Å². The number of rotatable bonds is 3. The number of carbonyl (C=O) groups is 1. The molecule has 0 radical (unpaired) electrons. The number of amides is 1. The molecule has 0 rings (SSSR count). The van der Waals surface area contributed by atoms with Crippen LogP contribution in [0.2, 0.25) is 0 Å². The third-order valence-electron chi connectivity index (χ3n) is 0.960. The van der Waals surface area contributed by atoms with Crippen LogP contribution in [-0.2, 0) is 9.53 Å². The smallest absolute Gasteiger partial charge is 0.264 e. The minimum Gasteiger partial charge on any atom is -0.500 e. The van der Waals surface area contributed by atoms with Gasteiger partial charge in [0.2, 0.25) is 0 Å². The Hall–Kier alpha value is -1.50. The van der Waals surface area contributed by atoms with E-state index in [0.717, 1.165) is 6.26 Å². The van der Waals surface area contributed by atoms with E-state index >= 15 is 0 Å². The molecule has 4 heteroatoms. The van der Waals surface area contributed by atoms with Gasteiger partial charge in [0.25, 0.3) is 5.91 Å². The van der Waals surface area contributed by atoms with Crippen molar-refractivity contribution in [2.24, 2.45) is 0 Å². The van der Waals surface area contributed by atoms with Crippen molar-refractivity contribution < 1.29 is 9.53 Å². The number of ether oxygens (including phenoxy) is 1. The second kappa shape index (κ2) is 5.30. The fraction of sp³-hybridized carbons (Fsp3) is 0.429. The van der Waals surface area contributed by atoms with Crippen molar-refractivity contribution in [3.8, 4) is 6.07 Å². The highest BCUT2D eigenvalue weighted by molar-refractivity contribution is 5.96. The van der Waals surface area contributed by atoms with Gasteiger partial charge in [0, 0.05) is 7.05 Å². The standard InChI is InChI=1S/C7H10N2O2/c1-3-11-5-6(4-8)7(10)9-2/h5H,3H2,1-2H3,(H,9,10)/b6-5+. The molecule has 60 valence electrons. The van der Waals surface area contributed by atoms with E-state index in [9.17, 15) is 4.79 Å². The Kier molecular flexibility index (Phi) is 4.58. The van der Waals surface area contributed by atoms with Gasteiger partial charge in [0.05, 0.1) is 6.61 Å². The zero-order valence-corrected chi connectivity index (χ0v) is 6.55. The minimum absolute atomic E-state index is 0.0191. The molecule has 0 spiro atoms. The van der Waals surface area contributed by atoms with Crippen molar-refractivity contribution >= 4 is 5.91 Å². The Morgan fingerprint density at radius 1 is 1.82 bits per heavy atom. The first-order valence-electron chi connectivity index (χ1n) is 3.20. The molecule has 4 nitrogen and oxygen atoms in total. The van der Waals surface area contributed by atoms with E-state index in [-0.39, 0.29) is 5.57 Å². The quantitative estimate of drug-likeness (QED) is 0.358. The lowest BCUT2D eigenvalue weighted by atomic mass is 10.3. The van der Waals surface area contributed by atoms with Crippen LogP contribution in [-0.4, -0.2) is 19.6 Å². The van der Waals surface area contributed by atoms with Crippen LogP contribution in [0.15, 0.2) is 11.8 Å². The van der Waals surface area contributed by atoms with Crippen molar-refractivity contribution in [1.82, 2.24) is 5.32 Å². The van der Waals surface area contributed by atoms with E-state index in [4.69, 9.17) is 10.00 Å². The summed E-state index contributed by atoms with van der Waals surface area (Å²) in [4.78, 5) is 10.8. The topological polar surface area (TPSA) is 62.1 Å². The normalized spacial score (nSPS) is 10.1. The summed E-state index contributed by atoms with van der Waals surface area (Å²) in [7, 11) is 1.46. The van der Waals surface area contributed by atoms with Crippen molar-refractivity contribution in [3.63, 3.8) is 0 Å². The lowest BCUT2D eigenvalue weighted by Gasteiger charge is -1.96. The fourth-order valence-electron chi connectivity index (χ4n) is 0.432. The Morgan fingerprint density at radius 3 is 2.82 bits per heavy atom. The molecule has 0 atom stereocenters. The van der Waals surface area contributed by atoms with Gasteiger partial charge < -0.3 is 10.1 Å². The number of hydrogen-bond acceptors (Lipinski definition) is 3. The molecule has 0 aliphatic carbocycles. The third kappa shape index (κ3) is 3.26. The Labute approximate surface area is 65.5 Å². The van der Waals surface area contributed by atoms with Gasteiger partial charge in [-0.3, -0.25) is 4.79 Å². The van der Waals surface area contributed by atoms with Crippen LogP contribution in [0.4, 0.5) is 0 Å². The molecule has 0 heterocycles. The molecular formula is C7H10N2O2. The molecule has 1 N–H and O–H groups in total. The van der Waals surface area contributed by atoms with E-state index in [1.807, 2.05) is 0 Å². The van der Waals surface area contributed by atoms with E-state index < -0.39 is 5.91 Å². The summed E-state index contributed by atoms with van der Waals surface area (Å²) < 4.78 is 4.76. The zero-order chi connectivity index (χ0) is 8.69. The van der Waals surface area contributed by atoms with E-state index in [1.54, 1.807) is 13.0 Å². The second-order valence-corrected chi connectivity index (χ2v) is 1.68. The van der Waals surface area contributed by atoms with E-state index in [2.05, 4.69) is 5.32 Å². The predicted molar refractivity (Wildman–Crippen MR) is 39.4 cm³/mol. The second-order valence-electron chi connectivity index (χ2n) is 1.68. The molecule has 0 aliphatic heterocycles. The summed E-state index contributed by atoms with van der Waals surface area (Å²) in [5.41, 5.74) is -0.0191. The average Bonchev–Trinajstić information content (AvgIpc) is 2.05. The number of carbonyl (C=O) groups excluding carboxylic acids is 1. The molecule has 0 aromatic rings. The summed E-state index contributed by atoms with van der Waals surface area (Å²) in [6.07, 6.45) is 1.15. The van der Waals surface area contributed by atoms with Crippen molar-refractivity contribution in [2.75, 3.05) is 13.7 Å². The molecule has 0 saturated carbocycles. The lowest BCUT2D eigenvalue weighted by Crippen LogP contribution is -2.19.